The van der Waals surface area contributed by atoms with Crippen molar-refractivity contribution in [1.29, 1.82) is 0 Å². The maximum atomic E-state index is 14.4. The van der Waals surface area contributed by atoms with Crippen LogP contribution in [0.5, 0.6) is 0 Å². The number of nitrogens with two attached hydrogens (primary N) is 1. The Hall–Kier alpha value is -4.51. The van der Waals surface area contributed by atoms with E-state index in [2.05, 4.69) is 34.8 Å². The fraction of sp³-hybridized carbons (Fsp3) is 0.500. The number of nitrogens with zero attached hydrogens (tertiary/aromatic N) is 1. The number of hydrogen-bond donors (Lipinski definition) is 5. The molecule has 5 amide bonds. The molecule has 1 aliphatic rings. The van der Waals surface area contributed by atoms with E-state index in [0.29, 0.717) is 31.8 Å². The van der Waals surface area contributed by atoms with Gasteiger partial charge in [0.2, 0.25) is 23.6 Å². The molecule has 0 radical (unpaired) electrons. The molecular formula is C38H52N6O5. The van der Waals surface area contributed by atoms with E-state index < -0.39 is 41.3 Å². The molecule has 0 aliphatic carbocycles. The van der Waals surface area contributed by atoms with Gasteiger partial charge in [0.15, 0.2) is 0 Å². The van der Waals surface area contributed by atoms with Crippen LogP contribution in [-0.2, 0) is 36.8 Å². The van der Waals surface area contributed by atoms with Gasteiger partial charge in [-0.1, -0.05) is 76.2 Å². The summed E-state index contributed by atoms with van der Waals surface area (Å²) in [6.07, 6.45) is 4.24. The lowest BCUT2D eigenvalue weighted by Gasteiger charge is -2.33. The first-order chi connectivity index (χ1) is 23.4. The minimum Gasteiger partial charge on any atom is -0.361 e. The molecule has 0 spiro atoms. The van der Waals surface area contributed by atoms with Crippen LogP contribution in [0.15, 0.2) is 60.8 Å². The summed E-state index contributed by atoms with van der Waals surface area (Å²) in [7, 11) is 0. The monoisotopic (exact) mass is 672 g/mol. The summed E-state index contributed by atoms with van der Waals surface area (Å²) < 4.78 is 0. The summed E-state index contributed by atoms with van der Waals surface area (Å²) in [5.41, 5.74) is 7.44. The Balaban J connectivity index is 1.69. The smallest absolute Gasteiger partial charge is 0.252 e. The number of unbranched alkanes of at least 4 members (excludes halogenated alkanes) is 1. The van der Waals surface area contributed by atoms with Crippen molar-refractivity contribution in [3.8, 4) is 0 Å². The van der Waals surface area contributed by atoms with Crippen LogP contribution in [0.1, 0.15) is 77.3 Å². The van der Waals surface area contributed by atoms with Gasteiger partial charge < -0.3 is 26.7 Å². The topological polar surface area (TPSA) is 166 Å². The zero-order valence-electron chi connectivity index (χ0n) is 29.2. The summed E-state index contributed by atoms with van der Waals surface area (Å²) in [6, 6.07) is 13.7. The zero-order valence-corrected chi connectivity index (χ0v) is 29.2. The van der Waals surface area contributed by atoms with Crippen molar-refractivity contribution >= 4 is 40.4 Å². The molecule has 264 valence electrons. The van der Waals surface area contributed by atoms with E-state index in [1.807, 2.05) is 60.8 Å². The van der Waals surface area contributed by atoms with Gasteiger partial charge in [0.25, 0.3) is 5.91 Å². The van der Waals surface area contributed by atoms with Crippen LogP contribution in [0.2, 0.25) is 0 Å². The first-order valence-electron chi connectivity index (χ1n) is 17.4. The molecule has 11 nitrogen and oxygen atoms in total. The number of carbonyl (C=O) groups is 5. The van der Waals surface area contributed by atoms with Gasteiger partial charge in [0, 0.05) is 48.3 Å². The molecule has 0 bridgehead atoms. The average molecular weight is 673 g/mol. The van der Waals surface area contributed by atoms with Gasteiger partial charge in [0.05, 0.1) is 0 Å². The number of amides is 5. The maximum Gasteiger partial charge on any atom is 0.252 e. The highest BCUT2D eigenvalue weighted by molar-refractivity contribution is 6.05. The van der Waals surface area contributed by atoms with Crippen LogP contribution in [0.4, 0.5) is 0 Å². The van der Waals surface area contributed by atoms with Crippen molar-refractivity contribution in [2.75, 3.05) is 13.1 Å². The second-order valence-electron chi connectivity index (χ2n) is 14.1. The largest absolute Gasteiger partial charge is 0.361 e. The maximum absolute atomic E-state index is 14.4. The Bertz CT molecular complexity index is 1600. The number of aromatic nitrogens is 1. The van der Waals surface area contributed by atoms with Crippen molar-refractivity contribution < 1.29 is 24.0 Å². The quantitative estimate of drug-likeness (QED) is 0.122. The van der Waals surface area contributed by atoms with Crippen LogP contribution in [0.3, 0.4) is 0 Å². The highest BCUT2D eigenvalue weighted by atomic mass is 16.2. The number of rotatable bonds is 15. The molecule has 0 unspecified atom stereocenters. The van der Waals surface area contributed by atoms with Gasteiger partial charge in [0.1, 0.15) is 18.1 Å². The Labute approximate surface area is 289 Å². The average Bonchev–Trinajstić information content (AvgIpc) is 3.49. The van der Waals surface area contributed by atoms with Gasteiger partial charge >= 0.3 is 0 Å². The number of carbonyl (C=O) groups excluding carboxylic acids is 5. The summed E-state index contributed by atoms with van der Waals surface area (Å²) in [5, 5.41) is 9.73. The number of imide groups is 1. The molecular weight excluding hydrogens is 620 g/mol. The third kappa shape index (κ3) is 10.0. The molecule has 0 saturated carbocycles. The number of para-hydroxylation sites is 1. The number of benzene rings is 2. The summed E-state index contributed by atoms with van der Waals surface area (Å²) in [4.78, 5) is 74.2. The number of hydrogen-bond acceptors (Lipinski definition) is 6. The third-order valence-electron chi connectivity index (χ3n) is 9.27. The Kier molecular flexibility index (Phi) is 13.1. The van der Waals surface area contributed by atoms with Crippen LogP contribution < -0.4 is 21.7 Å². The van der Waals surface area contributed by atoms with Gasteiger partial charge in [-0.3, -0.25) is 28.9 Å². The van der Waals surface area contributed by atoms with Crippen LogP contribution in [0.25, 0.3) is 10.9 Å². The second kappa shape index (κ2) is 17.2. The van der Waals surface area contributed by atoms with E-state index in [4.69, 9.17) is 5.73 Å². The number of aromatic amines is 1. The SMILES string of the molecule is CC(C)CCNC(=O)[C@H](Cc1c[nH]c2ccccc12)NC(=O)[C@H](CCCCN)N1C(=O)CCC(C)(C)C(=O)N[C@@H](Cc2ccccc2)C1=O. The summed E-state index contributed by atoms with van der Waals surface area (Å²) in [6.45, 7) is 8.44. The predicted octanol–water partition coefficient (Wildman–Crippen LogP) is 3.76. The van der Waals surface area contributed by atoms with Gasteiger partial charge in [-0.15, -0.1) is 0 Å². The number of nitrogens with one attached hydrogen (secondary N) is 4. The molecule has 3 aromatic rings. The Morgan fingerprint density at radius 1 is 0.980 bits per heavy atom. The third-order valence-corrected chi connectivity index (χ3v) is 9.27. The molecule has 1 aliphatic heterocycles. The van der Waals surface area contributed by atoms with E-state index in [-0.39, 0.29) is 43.9 Å². The zero-order chi connectivity index (χ0) is 35.6. The van der Waals surface area contributed by atoms with E-state index in [0.717, 1.165) is 33.4 Å². The van der Waals surface area contributed by atoms with Gasteiger partial charge in [-0.25, -0.2) is 0 Å². The second-order valence-corrected chi connectivity index (χ2v) is 14.1. The minimum atomic E-state index is -1.21. The lowest BCUT2D eigenvalue weighted by molar-refractivity contribution is -0.154. The van der Waals surface area contributed by atoms with E-state index in [1.165, 1.54) is 0 Å². The van der Waals surface area contributed by atoms with Crippen LogP contribution in [0, 0.1) is 11.3 Å². The van der Waals surface area contributed by atoms with Crippen molar-refractivity contribution in [2.24, 2.45) is 17.1 Å². The lowest BCUT2D eigenvalue weighted by atomic mass is 9.86. The number of fused-ring (bicyclic) bond motifs is 1. The van der Waals surface area contributed by atoms with Gasteiger partial charge in [-0.2, -0.15) is 0 Å². The molecule has 1 fully saturated rings. The first kappa shape index (κ1) is 37.3. The highest BCUT2D eigenvalue weighted by Crippen LogP contribution is 2.27. The minimum absolute atomic E-state index is 0.0979. The fourth-order valence-corrected chi connectivity index (χ4v) is 6.14. The first-order valence-corrected chi connectivity index (χ1v) is 17.4. The predicted molar refractivity (Wildman–Crippen MR) is 190 cm³/mol. The Morgan fingerprint density at radius 3 is 2.41 bits per heavy atom. The van der Waals surface area contributed by atoms with Gasteiger partial charge in [-0.05, 0) is 61.8 Å². The van der Waals surface area contributed by atoms with E-state index in [1.54, 1.807) is 13.8 Å². The molecule has 11 heteroatoms. The Morgan fingerprint density at radius 2 is 1.69 bits per heavy atom. The molecule has 2 aromatic carbocycles. The van der Waals surface area contributed by atoms with Crippen LogP contribution in [-0.4, -0.2) is 70.6 Å². The molecule has 3 atom stereocenters. The van der Waals surface area contributed by atoms with E-state index >= 15 is 0 Å². The standard InChI is InChI=1S/C38H52N6O5/c1-25(2)18-21-40-34(46)30(23-27-24-41-29-15-9-8-14-28(27)29)42-35(47)32(16-10-11-20-39)44-33(45)17-19-38(3,4)37(49)43-31(36(44)48)22-26-12-6-5-7-13-26/h5-9,12-15,24-25,30-32,41H,10-11,16-23,39H2,1-4H3,(H,40,46)(H,42,47)(H,43,49)/t30-,31-,32-/m0/s1. The summed E-state index contributed by atoms with van der Waals surface area (Å²) in [5.74, 6) is -2.10. The van der Waals surface area contributed by atoms with Crippen molar-refractivity contribution in [1.82, 2.24) is 25.8 Å². The molecule has 4 rings (SSSR count). The van der Waals surface area contributed by atoms with Crippen molar-refractivity contribution in [3.05, 3.63) is 71.9 Å². The highest BCUT2D eigenvalue weighted by Gasteiger charge is 2.43. The lowest BCUT2D eigenvalue weighted by Crippen LogP contribution is -2.60. The van der Waals surface area contributed by atoms with E-state index in [9.17, 15) is 24.0 Å². The van der Waals surface area contributed by atoms with Crippen molar-refractivity contribution in [3.63, 3.8) is 0 Å². The molecule has 49 heavy (non-hydrogen) atoms. The van der Waals surface area contributed by atoms with Crippen molar-refractivity contribution in [2.45, 2.75) is 97.2 Å². The fourth-order valence-electron chi connectivity index (χ4n) is 6.14. The summed E-state index contributed by atoms with van der Waals surface area (Å²) >= 11 is 0. The normalized spacial score (nSPS) is 18.0. The molecule has 2 heterocycles. The molecule has 1 aromatic heterocycles. The molecule has 1 saturated heterocycles. The van der Waals surface area contributed by atoms with Crippen LogP contribution >= 0.6 is 0 Å². The number of H-pyrrole nitrogens is 1. The molecule has 6 N–H and O–H groups in total.